The minimum Gasteiger partial charge on any atom is -0.381 e. The molecule has 1 amide bonds. The summed E-state index contributed by atoms with van der Waals surface area (Å²) in [6.45, 7) is 8.36. The largest absolute Gasteiger partial charge is 0.381 e. The van der Waals surface area contributed by atoms with E-state index >= 15 is 0 Å². The number of carbonyl (C=O) groups is 1. The number of H-pyrrole nitrogens is 1. The van der Waals surface area contributed by atoms with Crippen LogP contribution in [0.2, 0.25) is 0 Å². The lowest BCUT2D eigenvalue weighted by Crippen LogP contribution is -2.35. The molecule has 1 fully saturated rings. The highest BCUT2D eigenvalue weighted by Gasteiger charge is 2.25. The lowest BCUT2D eigenvalue weighted by atomic mass is 9.96. The van der Waals surface area contributed by atoms with Gasteiger partial charge in [-0.3, -0.25) is 9.89 Å². The molecule has 1 saturated heterocycles. The molecule has 1 atom stereocenters. The monoisotopic (exact) mass is 280 g/mol. The lowest BCUT2D eigenvalue weighted by molar-refractivity contribution is 0.0385. The molecule has 1 aliphatic rings. The number of ether oxygens (including phenoxy) is 1. The maximum absolute atomic E-state index is 12.3. The molecule has 112 valence electrons. The molecule has 6 nitrogen and oxygen atoms in total. The van der Waals surface area contributed by atoms with E-state index in [-0.39, 0.29) is 17.1 Å². The van der Waals surface area contributed by atoms with Crippen molar-refractivity contribution in [3.63, 3.8) is 0 Å². The van der Waals surface area contributed by atoms with Crippen molar-refractivity contribution in [2.45, 2.75) is 39.0 Å². The fraction of sp³-hybridized carbons (Fsp3) is 0.786. The third-order valence-corrected chi connectivity index (χ3v) is 3.52. The zero-order chi connectivity index (χ0) is 14.8. The van der Waals surface area contributed by atoms with Crippen LogP contribution in [0, 0.1) is 5.92 Å². The van der Waals surface area contributed by atoms with Gasteiger partial charge < -0.3 is 9.64 Å². The predicted molar refractivity (Wildman–Crippen MR) is 75.6 cm³/mol. The van der Waals surface area contributed by atoms with E-state index in [4.69, 9.17) is 4.74 Å². The molecule has 0 radical (unpaired) electrons. The molecule has 1 N–H and O–H groups in total. The maximum atomic E-state index is 12.3. The van der Waals surface area contributed by atoms with Crippen LogP contribution in [-0.4, -0.2) is 52.8 Å². The number of hydrogen-bond donors (Lipinski definition) is 1. The third-order valence-electron chi connectivity index (χ3n) is 3.52. The van der Waals surface area contributed by atoms with Crippen LogP contribution >= 0.6 is 0 Å². The second-order valence-electron chi connectivity index (χ2n) is 6.53. The minimum absolute atomic E-state index is 0.137. The predicted octanol–water partition coefficient (Wildman–Crippen LogP) is 1.60. The molecular formula is C14H24N4O2. The summed E-state index contributed by atoms with van der Waals surface area (Å²) in [4.78, 5) is 18.3. The SMILES string of the molecule is CN(CC1CCCOC1)C(=O)c1n[nH]c(C(C)(C)C)n1. The first kappa shape index (κ1) is 15.0. The second-order valence-corrected chi connectivity index (χ2v) is 6.53. The van der Waals surface area contributed by atoms with Crippen LogP contribution in [0.25, 0.3) is 0 Å². The second kappa shape index (κ2) is 5.91. The van der Waals surface area contributed by atoms with E-state index in [0.29, 0.717) is 12.5 Å². The first-order chi connectivity index (χ1) is 9.38. The molecule has 1 unspecified atom stereocenters. The van der Waals surface area contributed by atoms with E-state index < -0.39 is 0 Å². The molecule has 0 saturated carbocycles. The zero-order valence-corrected chi connectivity index (χ0v) is 12.8. The number of carbonyl (C=O) groups excluding carboxylic acids is 1. The molecule has 6 heteroatoms. The lowest BCUT2D eigenvalue weighted by Gasteiger charge is -2.26. The minimum atomic E-state index is -0.138. The van der Waals surface area contributed by atoms with Crippen molar-refractivity contribution in [2.75, 3.05) is 26.8 Å². The third kappa shape index (κ3) is 3.56. The van der Waals surface area contributed by atoms with Gasteiger partial charge >= 0.3 is 0 Å². The van der Waals surface area contributed by atoms with Crippen molar-refractivity contribution in [1.29, 1.82) is 0 Å². The summed E-state index contributed by atoms with van der Waals surface area (Å²) in [6, 6.07) is 0. The molecule has 2 heterocycles. The Morgan fingerprint density at radius 1 is 1.50 bits per heavy atom. The number of rotatable bonds is 3. The van der Waals surface area contributed by atoms with Crippen LogP contribution in [0.1, 0.15) is 50.1 Å². The van der Waals surface area contributed by atoms with Crippen LogP contribution in [0.5, 0.6) is 0 Å². The number of aromatic amines is 1. The van der Waals surface area contributed by atoms with E-state index in [2.05, 4.69) is 15.2 Å². The van der Waals surface area contributed by atoms with Gasteiger partial charge in [0.05, 0.1) is 6.61 Å². The van der Waals surface area contributed by atoms with E-state index in [9.17, 15) is 4.79 Å². The molecule has 1 aromatic heterocycles. The van der Waals surface area contributed by atoms with Gasteiger partial charge in [0.2, 0.25) is 5.82 Å². The summed E-state index contributed by atoms with van der Waals surface area (Å²) in [7, 11) is 1.80. The van der Waals surface area contributed by atoms with Crippen LogP contribution in [0.3, 0.4) is 0 Å². The summed E-state index contributed by atoms with van der Waals surface area (Å²) in [6.07, 6.45) is 2.18. The Morgan fingerprint density at radius 3 is 2.80 bits per heavy atom. The highest BCUT2D eigenvalue weighted by molar-refractivity contribution is 5.90. The quantitative estimate of drug-likeness (QED) is 0.913. The summed E-state index contributed by atoms with van der Waals surface area (Å²) in [5.74, 6) is 1.26. The van der Waals surface area contributed by atoms with E-state index in [1.807, 2.05) is 20.8 Å². The standard InChI is InChI=1S/C14H24N4O2/c1-14(2,3)13-15-11(16-17-13)12(19)18(4)8-10-6-5-7-20-9-10/h10H,5-9H2,1-4H3,(H,15,16,17). The fourth-order valence-electron chi connectivity index (χ4n) is 2.29. The van der Waals surface area contributed by atoms with Gasteiger partial charge in [0.15, 0.2) is 0 Å². The molecular weight excluding hydrogens is 256 g/mol. The molecule has 0 aromatic carbocycles. The van der Waals surface area contributed by atoms with Gasteiger partial charge in [-0.15, -0.1) is 5.10 Å². The van der Waals surface area contributed by atoms with Gasteiger partial charge in [-0.2, -0.15) is 0 Å². The summed E-state index contributed by atoms with van der Waals surface area (Å²) in [5, 5.41) is 6.89. The Morgan fingerprint density at radius 2 is 2.25 bits per heavy atom. The normalized spacial score (nSPS) is 19.9. The van der Waals surface area contributed by atoms with E-state index in [1.54, 1.807) is 11.9 Å². The number of hydrogen-bond acceptors (Lipinski definition) is 4. The molecule has 0 bridgehead atoms. The van der Waals surface area contributed by atoms with Crippen molar-refractivity contribution in [1.82, 2.24) is 20.1 Å². The Balaban J connectivity index is 1.97. The molecule has 1 aromatic rings. The van der Waals surface area contributed by atoms with Crippen molar-refractivity contribution in [2.24, 2.45) is 5.92 Å². The number of amides is 1. The van der Waals surface area contributed by atoms with Gasteiger partial charge in [0.1, 0.15) is 5.82 Å². The summed E-state index contributed by atoms with van der Waals surface area (Å²) >= 11 is 0. The Hall–Kier alpha value is -1.43. The average molecular weight is 280 g/mol. The van der Waals surface area contributed by atoms with E-state index in [1.165, 1.54) is 0 Å². The Labute approximate surface area is 119 Å². The fourth-order valence-corrected chi connectivity index (χ4v) is 2.29. The van der Waals surface area contributed by atoms with Crippen molar-refractivity contribution < 1.29 is 9.53 Å². The molecule has 1 aliphatic heterocycles. The van der Waals surface area contributed by atoms with Crippen LogP contribution in [0.15, 0.2) is 0 Å². The number of nitrogens with zero attached hydrogens (tertiary/aromatic N) is 3. The number of aromatic nitrogens is 3. The van der Waals surface area contributed by atoms with Crippen LogP contribution in [-0.2, 0) is 10.2 Å². The zero-order valence-electron chi connectivity index (χ0n) is 12.8. The van der Waals surface area contributed by atoms with Gasteiger partial charge in [0, 0.05) is 25.6 Å². The van der Waals surface area contributed by atoms with Crippen LogP contribution < -0.4 is 0 Å². The molecule has 20 heavy (non-hydrogen) atoms. The smallest absolute Gasteiger partial charge is 0.293 e. The topological polar surface area (TPSA) is 71.1 Å². The molecule has 0 spiro atoms. The van der Waals surface area contributed by atoms with Crippen molar-refractivity contribution in [3.8, 4) is 0 Å². The maximum Gasteiger partial charge on any atom is 0.293 e. The Bertz CT molecular complexity index is 458. The van der Waals surface area contributed by atoms with Crippen molar-refractivity contribution in [3.05, 3.63) is 11.6 Å². The van der Waals surface area contributed by atoms with Gasteiger partial charge in [-0.05, 0) is 18.8 Å². The van der Waals surface area contributed by atoms with Crippen LogP contribution in [0.4, 0.5) is 0 Å². The van der Waals surface area contributed by atoms with Gasteiger partial charge in [0.25, 0.3) is 5.91 Å². The number of nitrogens with one attached hydrogen (secondary N) is 1. The summed E-state index contributed by atoms with van der Waals surface area (Å²) < 4.78 is 5.44. The average Bonchev–Trinajstić information content (AvgIpc) is 2.88. The highest BCUT2D eigenvalue weighted by Crippen LogP contribution is 2.18. The van der Waals surface area contributed by atoms with Gasteiger partial charge in [-0.1, -0.05) is 20.8 Å². The first-order valence-electron chi connectivity index (χ1n) is 7.14. The summed E-state index contributed by atoms with van der Waals surface area (Å²) in [5.41, 5.74) is -0.138. The van der Waals surface area contributed by atoms with Crippen molar-refractivity contribution >= 4 is 5.91 Å². The highest BCUT2D eigenvalue weighted by atomic mass is 16.5. The van der Waals surface area contributed by atoms with Gasteiger partial charge in [-0.25, -0.2) is 4.98 Å². The molecule has 0 aliphatic carbocycles. The Kier molecular flexibility index (Phi) is 4.42. The van der Waals surface area contributed by atoms with E-state index in [0.717, 1.165) is 31.9 Å². The first-order valence-corrected chi connectivity index (χ1v) is 7.14. The molecule has 2 rings (SSSR count).